The summed E-state index contributed by atoms with van der Waals surface area (Å²) in [7, 11) is 0. The normalized spacial score (nSPS) is 9.74. The van der Waals surface area contributed by atoms with E-state index in [4.69, 9.17) is 9.47 Å². The third-order valence-corrected chi connectivity index (χ3v) is 2.25. The van der Waals surface area contributed by atoms with Crippen LogP contribution in [0.5, 0.6) is 0 Å². The van der Waals surface area contributed by atoms with E-state index < -0.39 is 6.16 Å². The zero-order valence-corrected chi connectivity index (χ0v) is 11.0. The highest BCUT2D eigenvalue weighted by molar-refractivity contribution is 5.69. The van der Waals surface area contributed by atoms with E-state index in [1.165, 1.54) is 0 Å². The van der Waals surface area contributed by atoms with Crippen LogP contribution in [0, 0.1) is 0 Å². The fourth-order valence-corrected chi connectivity index (χ4v) is 1.34. The Morgan fingerprint density at radius 3 is 2.47 bits per heavy atom. The van der Waals surface area contributed by atoms with Crippen LogP contribution in [0.1, 0.15) is 25.3 Å². The molecule has 19 heavy (non-hydrogen) atoms. The van der Waals surface area contributed by atoms with Gasteiger partial charge in [0.2, 0.25) is 0 Å². The van der Waals surface area contributed by atoms with E-state index >= 15 is 0 Å². The lowest BCUT2D eigenvalue weighted by molar-refractivity contribution is -0.145. The topological polar surface area (TPSA) is 61.8 Å². The Kier molecular flexibility index (Phi) is 7.09. The maximum absolute atomic E-state index is 11.4. The fraction of sp³-hybridized carbons (Fsp3) is 0.429. The second-order valence-corrected chi connectivity index (χ2v) is 3.78. The largest absolute Gasteiger partial charge is 0.508 e. The van der Waals surface area contributed by atoms with Gasteiger partial charge in [0.15, 0.2) is 0 Å². The zero-order valence-electron chi connectivity index (χ0n) is 11.0. The summed E-state index contributed by atoms with van der Waals surface area (Å²) in [6.07, 6.45) is -0.0706. The molecule has 0 spiro atoms. The molecule has 0 saturated carbocycles. The molecule has 104 valence electrons. The van der Waals surface area contributed by atoms with E-state index in [-0.39, 0.29) is 32.2 Å². The van der Waals surface area contributed by atoms with Gasteiger partial charge in [-0.3, -0.25) is 4.79 Å². The first-order valence-corrected chi connectivity index (χ1v) is 6.21. The molecule has 0 amide bonds. The SMILES string of the molecule is CCOC(=O)OCCCC(=O)OCc1ccccc1. The van der Waals surface area contributed by atoms with Gasteiger partial charge in [-0.05, 0) is 18.9 Å². The smallest absolute Gasteiger partial charge is 0.461 e. The fourth-order valence-electron chi connectivity index (χ4n) is 1.34. The highest BCUT2D eigenvalue weighted by atomic mass is 16.7. The summed E-state index contributed by atoms with van der Waals surface area (Å²) in [5, 5.41) is 0. The van der Waals surface area contributed by atoms with Crippen molar-refractivity contribution in [1.29, 1.82) is 0 Å². The number of esters is 1. The maximum atomic E-state index is 11.4. The monoisotopic (exact) mass is 266 g/mol. The van der Waals surface area contributed by atoms with Crippen LogP contribution in [0.15, 0.2) is 30.3 Å². The van der Waals surface area contributed by atoms with Gasteiger partial charge in [-0.1, -0.05) is 30.3 Å². The number of rotatable bonds is 7. The second-order valence-electron chi connectivity index (χ2n) is 3.78. The molecule has 0 aliphatic heterocycles. The van der Waals surface area contributed by atoms with Crippen LogP contribution in [-0.4, -0.2) is 25.3 Å². The quantitative estimate of drug-likeness (QED) is 0.561. The Bertz CT molecular complexity index is 388. The van der Waals surface area contributed by atoms with Gasteiger partial charge in [-0.2, -0.15) is 0 Å². The minimum atomic E-state index is -0.708. The molecule has 5 heteroatoms. The van der Waals surface area contributed by atoms with Crippen LogP contribution in [0.25, 0.3) is 0 Å². The van der Waals surface area contributed by atoms with E-state index in [1.807, 2.05) is 30.3 Å². The van der Waals surface area contributed by atoms with E-state index in [1.54, 1.807) is 6.92 Å². The molecule has 0 fully saturated rings. The Hall–Kier alpha value is -2.04. The van der Waals surface area contributed by atoms with E-state index in [0.717, 1.165) is 5.56 Å². The Morgan fingerprint density at radius 2 is 1.79 bits per heavy atom. The van der Waals surface area contributed by atoms with Crippen molar-refractivity contribution >= 4 is 12.1 Å². The van der Waals surface area contributed by atoms with Crippen LogP contribution in [0.3, 0.4) is 0 Å². The molecule has 0 unspecified atom stereocenters. The summed E-state index contributed by atoms with van der Waals surface area (Å²) in [6, 6.07) is 9.44. The van der Waals surface area contributed by atoms with E-state index in [9.17, 15) is 9.59 Å². The number of hydrogen-bond donors (Lipinski definition) is 0. The van der Waals surface area contributed by atoms with Crippen molar-refractivity contribution in [3.63, 3.8) is 0 Å². The molecular formula is C14H18O5. The number of carbonyl (C=O) groups excluding carboxylic acids is 2. The predicted molar refractivity (Wildman–Crippen MR) is 68.4 cm³/mol. The van der Waals surface area contributed by atoms with Gasteiger partial charge in [0.1, 0.15) is 6.61 Å². The molecule has 0 saturated heterocycles. The Morgan fingerprint density at radius 1 is 1.05 bits per heavy atom. The summed E-state index contributed by atoms with van der Waals surface area (Å²) < 4.78 is 14.4. The lowest BCUT2D eigenvalue weighted by atomic mass is 10.2. The Balaban J connectivity index is 2.07. The molecule has 0 aliphatic rings. The van der Waals surface area contributed by atoms with Crippen molar-refractivity contribution in [3.05, 3.63) is 35.9 Å². The van der Waals surface area contributed by atoms with Crippen LogP contribution in [-0.2, 0) is 25.6 Å². The van der Waals surface area contributed by atoms with Gasteiger partial charge in [-0.25, -0.2) is 4.79 Å². The van der Waals surface area contributed by atoms with Gasteiger partial charge in [0, 0.05) is 6.42 Å². The van der Waals surface area contributed by atoms with Crippen LogP contribution in [0.4, 0.5) is 4.79 Å². The number of carbonyl (C=O) groups is 2. The van der Waals surface area contributed by atoms with Crippen molar-refractivity contribution in [3.8, 4) is 0 Å². The first-order valence-electron chi connectivity index (χ1n) is 6.21. The first-order chi connectivity index (χ1) is 9.22. The van der Waals surface area contributed by atoms with Crippen molar-refractivity contribution in [2.75, 3.05) is 13.2 Å². The Labute approximate surface area is 112 Å². The molecule has 0 aliphatic carbocycles. The molecule has 1 rings (SSSR count). The van der Waals surface area contributed by atoms with Crippen molar-refractivity contribution in [2.24, 2.45) is 0 Å². The minimum Gasteiger partial charge on any atom is -0.461 e. The lowest BCUT2D eigenvalue weighted by Crippen LogP contribution is -2.10. The summed E-state index contributed by atoms with van der Waals surface area (Å²) >= 11 is 0. The van der Waals surface area contributed by atoms with Gasteiger partial charge in [0.25, 0.3) is 0 Å². The lowest BCUT2D eigenvalue weighted by Gasteiger charge is -2.05. The minimum absolute atomic E-state index is 0.152. The van der Waals surface area contributed by atoms with Gasteiger partial charge in [0.05, 0.1) is 13.2 Å². The van der Waals surface area contributed by atoms with E-state index in [2.05, 4.69) is 4.74 Å². The highest BCUT2D eigenvalue weighted by Gasteiger charge is 2.05. The summed E-state index contributed by atoms with van der Waals surface area (Å²) in [4.78, 5) is 22.2. The van der Waals surface area contributed by atoms with Gasteiger partial charge >= 0.3 is 12.1 Å². The van der Waals surface area contributed by atoms with Crippen LogP contribution < -0.4 is 0 Å². The molecular weight excluding hydrogens is 248 g/mol. The summed E-state index contributed by atoms with van der Waals surface area (Å²) in [5.41, 5.74) is 0.943. The molecule has 0 aromatic heterocycles. The number of ether oxygens (including phenoxy) is 3. The summed E-state index contributed by atoms with van der Waals surface area (Å²) in [5.74, 6) is -0.309. The molecule has 1 aromatic carbocycles. The molecule has 0 heterocycles. The maximum Gasteiger partial charge on any atom is 0.508 e. The molecule has 0 N–H and O–H groups in total. The molecule has 0 atom stereocenters. The molecule has 1 aromatic rings. The average Bonchev–Trinajstić information content (AvgIpc) is 2.43. The summed E-state index contributed by atoms with van der Waals surface area (Å²) in [6.45, 7) is 2.39. The van der Waals surface area contributed by atoms with Gasteiger partial charge < -0.3 is 14.2 Å². The molecule has 0 bridgehead atoms. The van der Waals surface area contributed by atoms with Crippen LogP contribution >= 0.6 is 0 Å². The number of benzene rings is 1. The van der Waals surface area contributed by atoms with Crippen LogP contribution in [0.2, 0.25) is 0 Å². The molecule has 5 nitrogen and oxygen atoms in total. The van der Waals surface area contributed by atoms with Crippen molar-refractivity contribution in [1.82, 2.24) is 0 Å². The third-order valence-electron chi connectivity index (χ3n) is 2.25. The third kappa shape index (κ3) is 7.08. The standard InChI is InChI=1S/C14H18O5/c1-2-17-14(16)18-10-6-9-13(15)19-11-12-7-4-3-5-8-12/h3-5,7-8H,2,6,9-11H2,1H3. The van der Waals surface area contributed by atoms with E-state index in [0.29, 0.717) is 6.42 Å². The molecule has 0 radical (unpaired) electrons. The highest BCUT2D eigenvalue weighted by Crippen LogP contribution is 2.03. The van der Waals surface area contributed by atoms with Crippen molar-refractivity contribution in [2.45, 2.75) is 26.4 Å². The number of hydrogen-bond acceptors (Lipinski definition) is 5. The van der Waals surface area contributed by atoms with Crippen molar-refractivity contribution < 1.29 is 23.8 Å². The first kappa shape index (κ1) is 15.0. The predicted octanol–water partition coefficient (Wildman–Crippen LogP) is 2.68. The second kappa shape index (κ2) is 8.97. The zero-order chi connectivity index (χ0) is 13.9. The van der Waals surface area contributed by atoms with Gasteiger partial charge in [-0.15, -0.1) is 0 Å². The average molecular weight is 266 g/mol.